The zero-order valence-electron chi connectivity index (χ0n) is 12.5. The van der Waals surface area contributed by atoms with Gasteiger partial charge in [-0.2, -0.15) is 0 Å². The fraction of sp³-hybridized carbons (Fsp3) is 0.533. The standard InChI is InChI=1S/C15H24N2O2/c1-6-16(7-2)13-9-8-12(14(18)10-13)11-17(19)15(3,4)5/h8-11,18H,6-7H2,1-5H3. The summed E-state index contributed by atoms with van der Waals surface area (Å²) in [4.78, 5) is 2.14. The third-order valence-electron chi connectivity index (χ3n) is 3.06. The van der Waals surface area contributed by atoms with Crippen molar-refractivity contribution in [2.75, 3.05) is 18.0 Å². The number of aromatic hydroxyl groups is 1. The molecule has 1 aromatic rings. The molecule has 0 heterocycles. The van der Waals surface area contributed by atoms with Crippen LogP contribution >= 0.6 is 0 Å². The van der Waals surface area contributed by atoms with Crippen LogP contribution in [0.5, 0.6) is 5.75 Å². The predicted molar refractivity (Wildman–Crippen MR) is 80.2 cm³/mol. The van der Waals surface area contributed by atoms with E-state index in [1.807, 2.05) is 26.8 Å². The van der Waals surface area contributed by atoms with E-state index in [4.69, 9.17) is 0 Å². The number of phenolic OH excluding ortho intramolecular Hbond substituents is 1. The molecule has 4 nitrogen and oxygen atoms in total. The maximum absolute atomic E-state index is 11.9. The Kier molecular flexibility index (Phi) is 4.81. The summed E-state index contributed by atoms with van der Waals surface area (Å²) in [5.74, 6) is 0.134. The molecular weight excluding hydrogens is 240 g/mol. The number of anilines is 1. The molecule has 0 unspecified atom stereocenters. The Morgan fingerprint density at radius 1 is 1.26 bits per heavy atom. The summed E-state index contributed by atoms with van der Waals surface area (Å²) in [6, 6.07) is 5.41. The molecular formula is C15H24N2O2. The Hall–Kier alpha value is -1.71. The molecule has 106 valence electrons. The quantitative estimate of drug-likeness (QED) is 0.394. The van der Waals surface area contributed by atoms with Gasteiger partial charge in [-0.05, 0) is 26.0 Å². The molecule has 0 atom stereocenters. The molecule has 0 bridgehead atoms. The number of phenols is 1. The maximum atomic E-state index is 11.9. The molecule has 0 saturated carbocycles. The number of rotatable bonds is 4. The molecule has 0 aliphatic rings. The van der Waals surface area contributed by atoms with Crippen molar-refractivity contribution in [2.45, 2.75) is 40.2 Å². The minimum absolute atomic E-state index is 0.134. The average molecular weight is 264 g/mol. The number of hydroxylamine groups is 1. The highest BCUT2D eigenvalue weighted by molar-refractivity contribution is 5.81. The average Bonchev–Trinajstić information content (AvgIpc) is 2.32. The van der Waals surface area contributed by atoms with E-state index >= 15 is 0 Å². The molecule has 0 amide bonds. The molecule has 1 rings (SSSR count). The van der Waals surface area contributed by atoms with Crippen LogP contribution in [0.25, 0.3) is 0 Å². The van der Waals surface area contributed by atoms with Gasteiger partial charge in [0, 0.05) is 45.6 Å². The van der Waals surface area contributed by atoms with Crippen LogP contribution in [0.4, 0.5) is 5.69 Å². The fourth-order valence-corrected chi connectivity index (χ4v) is 1.75. The Morgan fingerprint density at radius 2 is 1.84 bits per heavy atom. The maximum Gasteiger partial charge on any atom is 0.186 e. The van der Waals surface area contributed by atoms with Gasteiger partial charge in [-0.25, -0.2) is 4.74 Å². The molecule has 0 saturated heterocycles. The van der Waals surface area contributed by atoms with Crippen LogP contribution in [0.15, 0.2) is 18.2 Å². The van der Waals surface area contributed by atoms with E-state index in [0.717, 1.165) is 23.5 Å². The summed E-state index contributed by atoms with van der Waals surface area (Å²) < 4.78 is 0.860. The van der Waals surface area contributed by atoms with Crippen LogP contribution in [-0.4, -0.2) is 34.7 Å². The van der Waals surface area contributed by atoms with Gasteiger partial charge in [0.1, 0.15) is 5.75 Å². The largest absolute Gasteiger partial charge is 0.623 e. The predicted octanol–water partition coefficient (Wildman–Crippen LogP) is 2.97. The van der Waals surface area contributed by atoms with Crippen molar-refractivity contribution in [3.05, 3.63) is 29.0 Å². The first-order chi connectivity index (χ1) is 8.79. The minimum atomic E-state index is -0.510. The monoisotopic (exact) mass is 264 g/mol. The van der Waals surface area contributed by atoms with Crippen LogP contribution in [0.2, 0.25) is 0 Å². The first kappa shape index (κ1) is 15.3. The first-order valence-corrected chi connectivity index (χ1v) is 6.68. The zero-order valence-corrected chi connectivity index (χ0v) is 12.5. The number of hydrogen-bond acceptors (Lipinski definition) is 3. The Morgan fingerprint density at radius 3 is 2.26 bits per heavy atom. The topological polar surface area (TPSA) is 49.5 Å². The van der Waals surface area contributed by atoms with Gasteiger partial charge in [-0.1, -0.05) is 0 Å². The number of nitrogens with zero attached hydrogens (tertiary/aromatic N) is 2. The third kappa shape index (κ3) is 3.88. The lowest BCUT2D eigenvalue weighted by atomic mass is 10.1. The van der Waals surface area contributed by atoms with Crippen molar-refractivity contribution in [1.82, 2.24) is 0 Å². The summed E-state index contributed by atoms with van der Waals surface area (Å²) in [5.41, 5.74) is 0.998. The lowest BCUT2D eigenvalue weighted by molar-refractivity contribution is -0.530. The molecule has 0 aliphatic carbocycles. The Bertz CT molecular complexity index is 458. The van der Waals surface area contributed by atoms with Gasteiger partial charge in [0.15, 0.2) is 11.8 Å². The second-order valence-electron chi connectivity index (χ2n) is 5.54. The van der Waals surface area contributed by atoms with Crippen molar-refractivity contribution >= 4 is 11.9 Å². The van der Waals surface area contributed by atoms with Gasteiger partial charge in [0.25, 0.3) is 0 Å². The Balaban J connectivity index is 3.08. The molecule has 0 spiro atoms. The van der Waals surface area contributed by atoms with Crippen molar-refractivity contribution in [1.29, 1.82) is 0 Å². The summed E-state index contributed by atoms with van der Waals surface area (Å²) in [6.45, 7) is 11.4. The molecule has 0 fully saturated rings. The van der Waals surface area contributed by atoms with E-state index in [2.05, 4.69) is 18.7 Å². The molecule has 0 radical (unpaired) electrons. The molecule has 0 aromatic heterocycles. The van der Waals surface area contributed by atoms with E-state index in [1.165, 1.54) is 6.21 Å². The molecule has 4 heteroatoms. The van der Waals surface area contributed by atoms with E-state index < -0.39 is 5.54 Å². The van der Waals surface area contributed by atoms with Crippen molar-refractivity contribution < 1.29 is 9.85 Å². The van der Waals surface area contributed by atoms with E-state index in [9.17, 15) is 10.3 Å². The lowest BCUT2D eigenvalue weighted by Crippen LogP contribution is -2.29. The van der Waals surface area contributed by atoms with Crippen LogP contribution in [0.1, 0.15) is 40.2 Å². The lowest BCUT2D eigenvalue weighted by Gasteiger charge is -2.22. The highest BCUT2D eigenvalue weighted by Gasteiger charge is 2.19. The molecule has 0 aliphatic heterocycles. The smallest absolute Gasteiger partial charge is 0.186 e. The van der Waals surface area contributed by atoms with Gasteiger partial charge in [-0.3, -0.25) is 0 Å². The highest BCUT2D eigenvalue weighted by atomic mass is 16.5. The Labute approximate surface area is 115 Å². The second kappa shape index (κ2) is 5.95. The van der Waals surface area contributed by atoms with Crippen molar-refractivity contribution in [3.8, 4) is 5.75 Å². The summed E-state index contributed by atoms with van der Waals surface area (Å²) in [5, 5.41) is 21.9. The van der Waals surface area contributed by atoms with E-state index in [1.54, 1.807) is 12.1 Å². The highest BCUT2D eigenvalue weighted by Crippen LogP contribution is 2.24. The van der Waals surface area contributed by atoms with Gasteiger partial charge in [-0.15, -0.1) is 0 Å². The van der Waals surface area contributed by atoms with Crippen LogP contribution in [0, 0.1) is 5.21 Å². The van der Waals surface area contributed by atoms with Crippen LogP contribution < -0.4 is 4.90 Å². The SMILES string of the molecule is CCN(CC)c1ccc(C=[N+]([O-])C(C)(C)C)c(O)c1. The van der Waals surface area contributed by atoms with Gasteiger partial charge >= 0.3 is 0 Å². The zero-order chi connectivity index (χ0) is 14.6. The van der Waals surface area contributed by atoms with Gasteiger partial charge < -0.3 is 15.2 Å². The molecule has 1 aromatic carbocycles. The first-order valence-electron chi connectivity index (χ1n) is 6.68. The number of hydrogen-bond donors (Lipinski definition) is 1. The summed E-state index contributed by atoms with van der Waals surface area (Å²) in [7, 11) is 0. The number of benzene rings is 1. The minimum Gasteiger partial charge on any atom is -0.623 e. The van der Waals surface area contributed by atoms with E-state index in [-0.39, 0.29) is 5.75 Å². The second-order valence-corrected chi connectivity index (χ2v) is 5.54. The van der Waals surface area contributed by atoms with Crippen LogP contribution in [-0.2, 0) is 0 Å². The normalized spacial score (nSPS) is 12.6. The summed E-state index contributed by atoms with van der Waals surface area (Å²) >= 11 is 0. The van der Waals surface area contributed by atoms with Crippen molar-refractivity contribution in [2.24, 2.45) is 0 Å². The third-order valence-corrected chi connectivity index (χ3v) is 3.06. The molecule has 1 N–H and O–H groups in total. The summed E-state index contributed by atoms with van der Waals surface area (Å²) in [6.07, 6.45) is 1.43. The fourth-order valence-electron chi connectivity index (χ4n) is 1.75. The van der Waals surface area contributed by atoms with Crippen LogP contribution in [0.3, 0.4) is 0 Å². The molecule has 19 heavy (non-hydrogen) atoms. The van der Waals surface area contributed by atoms with E-state index in [0.29, 0.717) is 5.56 Å². The van der Waals surface area contributed by atoms with Crippen molar-refractivity contribution in [3.63, 3.8) is 0 Å². The van der Waals surface area contributed by atoms with Gasteiger partial charge in [0.05, 0.1) is 5.56 Å². The van der Waals surface area contributed by atoms with Gasteiger partial charge in [0.2, 0.25) is 0 Å².